The average molecular weight is 277 g/mol. The second-order valence-corrected chi connectivity index (χ2v) is 5.29. The molecule has 0 spiro atoms. The maximum atomic E-state index is 11.7. The fraction of sp³-hybridized carbons (Fsp3) is 0.333. The standard InChI is InChI=1S/C15H19NO4/c1-15(2,3)16-13(17)9-8-11-6-4-5-7-12(11)20-10-14(18)19/h4-9H,10H2,1-3H3,(H,16,17)(H,18,19)/b9-8-. The van der Waals surface area contributed by atoms with Crippen LogP contribution in [0.2, 0.25) is 0 Å². The molecule has 0 fully saturated rings. The summed E-state index contributed by atoms with van der Waals surface area (Å²) in [5, 5.41) is 11.4. The molecule has 0 radical (unpaired) electrons. The number of aliphatic carboxylic acids is 1. The largest absolute Gasteiger partial charge is 0.481 e. The monoisotopic (exact) mass is 277 g/mol. The van der Waals surface area contributed by atoms with Gasteiger partial charge in [-0.15, -0.1) is 0 Å². The molecular weight excluding hydrogens is 258 g/mol. The Morgan fingerprint density at radius 2 is 1.95 bits per heavy atom. The quantitative estimate of drug-likeness (QED) is 0.808. The van der Waals surface area contributed by atoms with Crippen LogP contribution in [0.3, 0.4) is 0 Å². The van der Waals surface area contributed by atoms with Crippen LogP contribution < -0.4 is 10.1 Å². The van der Waals surface area contributed by atoms with Gasteiger partial charge in [0.05, 0.1) is 0 Å². The van der Waals surface area contributed by atoms with Crippen molar-refractivity contribution < 1.29 is 19.4 Å². The highest BCUT2D eigenvalue weighted by molar-refractivity contribution is 5.92. The molecule has 0 unspecified atom stereocenters. The Labute approximate surface area is 118 Å². The molecular formula is C15H19NO4. The van der Waals surface area contributed by atoms with Crippen molar-refractivity contribution in [2.45, 2.75) is 26.3 Å². The molecule has 20 heavy (non-hydrogen) atoms. The molecule has 1 aromatic carbocycles. The first-order valence-electron chi connectivity index (χ1n) is 6.22. The zero-order chi connectivity index (χ0) is 15.2. The van der Waals surface area contributed by atoms with E-state index in [2.05, 4.69) is 5.32 Å². The molecule has 0 aliphatic heterocycles. The fourth-order valence-electron chi connectivity index (χ4n) is 1.47. The predicted molar refractivity (Wildman–Crippen MR) is 76.5 cm³/mol. The Morgan fingerprint density at radius 1 is 1.30 bits per heavy atom. The first-order chi connectivity index (χ1) is 9.28. The molecule has 2 N–H and O–H groups in total. The van der Waals surface area contributed by atoms with Crippen molar-refractivity contribution >= 4 is 18.0 Å². The van der Waals surface area contributed by atoms with Gasteiger partial charge in [0.25, 0.3) is 0 Å². The van der Waals surface area contributed by atoms with Crippen LogP contribution in [0.5, 0.6) is 5.75 Å². The number of hydrogen-bond donors (Lipinski definition) is 2. The van der Waals surface area contributed by atoms with Crippen LogP contribution in [-0.2, 0) is 9.59 Å². The third kappa shape index (κ3) is 6.04. The molecule has 5 nitrogen and oxygen atoms in total. The van der Waals surface area contributed by atoms with Crippen LogP contribution >= 0.6 is 0 Å². The van der Waals surface area contributed by atoms with Crippen molar-refractivity contribution in [2.24, 2.45) is 0 Å². The van der Waals surface area contributed by atoms with Gasteiger partial charge in [0.1, 0.15) is 5.75 Å². The van der Waals surface area contributed by atoms with Gasteiger partial charge in [0.2, 0.25) is 5.91 Å². The van der Waals surface area contributed by atoms with E-state index >= 15 is 0 Å². The van der Waals surface area contributed by atoms with Crippen LogP contribution in [0.1, 0.15) is 26.3 Å². The van der Waals surface area contributed by atoms with E-state index in [1.54, 1.807) is 30.3 Å². The molecule has 0 bridgehead atoms. The number of carbonyl (C=O) groups is 2. The maximum Gasteiger partial charge on any atom is 0.341 e. The molecule has 0 aliphatic carbocycles. The Hall–Kier alpha value is -2.30. The second-order valence-electron chi connectivity index (χ2n) is 5.29. The van der Waals surface area contributed by atoms with Crippen molar-refractivity contribution in [3.8, 4) is 5.75 Å². The third-order valence-corrected chi connectivity index (χ3v) is 2.18. The molecule has 0 aromatic heterocycles. The van der Waals surface area contributed by atoms with Crippen molar-refractivity contribution in [3.05, 3.63) is 35.9 Å². The lowest BCUT2D eigenvalue weighted by atomic mass is 10.1. The number of para-hydroxylation sites is 1. The number of benzene rings is 1. The third-order valence-electron chi connectivity index (χ3n) is 2.18. The number of hydrogen-bond acceptors (Lipinski definition) is 3. The highest BCUT2D eigenvalue weighted by Gasteiger charge is 2.11. The van der Waals surface area contributed by atoms with Gasteiger partial charge in [0.15, 0.2) is 6.61 Å². The summed E-state index contributed by atoms with van der Waals surface area (Å²) < 4.78 is 5.15. The summed E-state index contributed by atoms with van der Waals surface area (Å²) in [5.41, 5.74) is 0.346. The first kappa shape index (κ1) is 15.8. The highest BCUT2D eigenvalue weighted by Crippen LogP contribution is 2.19. The van der Waals surface area contributed by atoms with E-state index in [0.29, 0.717) is 11.3 Å². The molecule has 0 atom stereocenters. The smallest absolute Gasteiger partial charge is 0.341 e. The summed E-state index contributed by atoms with van der Waals surface area (Å²) in [6.45, 7) is 5.26. The van der Waals surface area contributed by atoms with Gasteiger partial charge in [-0.3, -0.25) is 4.79 Å². The maximum absolute atomic E-state index is 11.7. The highest BCUT2D eigenvalue weighted by atomic mass is 16.5. The Kier molecular flexibility index (Phi) is 5.32. The van der Waals surface area contributed by atoms with E-state index in [1.807, 2.05) is 20.8 Å². The minimum absolute atomic E-state index is 0.217. The van der Waals surface area contributed by atoms with Crippen molar-refractivity contribution in [3.63, 3.8) is 0 Å². The molecule has 0 saturated carbocycles. The molecule has 5 heteroatoms. The Morgan fingerprint density at radius 3 is 2.55 bits per heavy atom. The molecule has 1 amide bonds. The molecule has 1 rings (SSSR count). The van der Waals surface area contributed by atoms with Gasteiger partial charge >= 0.3 is 5.97 Å². The van der Waals surface area contributed by atoms with Crippen LogP contribution in [0, 0.1) is 0 Å². The molecule has 108 valence electrons. The number of rotatable bonds is 5. The summed E-state index contributed by atoms with van der Waals surface area (Å²) in [6.07, 6.45) is 2.99. The van der Waals surface area contributed by atoms with Gasteiger partial charge in [-0.1, -0.05) is 18.2 Å². The van der Waals surface area contributed by atoms with Crippen molar-refractivity contribution in [1.82, 2.24) is 5.32 Å². The van der Waals surface area contributed by atoms with Crippen molar-refractivity contribution in [2.75, 3.05) is 6.61 Å². The van der Waals surface area contributed by atoms with Gasteiger partial charge in [-0.2, -0.15) is 0 Å². The van der Waals surface area contributed by atoms with E-state index in [4.69, 9.17) is 9.84 Å². The van der Waals surface area contributed by atoms with E-state index in [-0.39, 0.29) is 11.4 Å². The Bertz CT molecular complexity index is 515. The summed E-state index contributed by atoms with van der Waals surface area (Å²) >= 11 is 0. The van der Waals surface area contributed by atoms with Crippen LogP contribution in [-0.4, -0.2) is 29.1 Å². The van der Waals surface area contributed by atoms with E-state index < -0.39 is 12.6 Å². The lowest BCUT2D eigenvalue weighted by Gasteiger charge is -2.19. The lowest BCUT2D eigenvalue weighted by molar-refractivity contribution is -0.139. The van der Waals surface area contributed by atoms with E-state index in [9.17, 15) is 9.59 Å². The number of carbonyl (C=O) groups excluding carboxylic acids is 1. The molecule has 0 saturated heterocycles. The lowest BCUT2D eigenvalue weighted by Crippen LogP contribution is -2.39. The number of ether oxygens (including phenoxy) is 1. The van der Waals surface area contributed by atoms with Gasteiger partial charge in [-0.25, -0.2) is 4.79 Å². The van der Waals surface area contributed by atoms with Gasteiger partial charge in [0, 0.05) is 17.2 Å². The van der Waals surface area contributed by atoms with E-state index in [1.165, 1.54) is 6.08 Å². The number of carboxylic acids is 1. The fourth-order valence-corrected chi connectivity index (χ4v) is 1.47. The molecule has 0 heterocycles. The van der Waals surface area contributed by atoms with Crippen molar-refractivity contribution in [1.29, 1.82) is 0 Å². The summed E-state index contributed by atoms with van der Waals surface area (Å²) in [6, 6.07) is 6.93. The second kappa shape index (κ2) is 6.75. The average Bonchev–Trinajstić information content (AvgIpc) is 2.32. The van der Waals surface area contributed by atoms with Crippen LogP contribution in [0.15, 0.2) is 30.3 Å². The minimum Gasteiger partial charge on any atom is -0.481 e. The van der Waals surface area contributed by atoms with Crippen LogP contribution in [0.4, 0.5) is 0 Å². The summed E-state index contributed by atoms with van der Waals surface area (Å²) in [4.78, 5) is 22.2. The first-order valence-corrected chi connectivity index (χ1v) is 6.22. The predicted octanol–water partition coefficient (Wildman–Crippen LogP) is 2.08. The number of nitrogens with one attached hydrogen (secondary N) is 1. The SMILES string of the molecule is CC(C)(C)NC(=O)/C=C\c1ccccc1OCC(=O)O. The zero-order valence-electron chi connectivity index (χ0n) is 11.8. The minimum atomic E-state index is -1.05. The Balaban J connectivity index is 2.76. The number of carboxylic acid groups (broad SMARTS) is 1. The summed E-state index contributed by atoms with van der Waals surface area (Å²) in [5.74, 6) is -0.838. The normalized spacial score (nSPS) is 11.3. The van der Waals surface area contributed by atoms with Crippen LogP contribution in [0.25, 0.3) is 6.08 Å². The topological polar surface area (TPSA) is 75.6 Å². The van der Waals surface area contributed by atoms with Gasteiger partial charge in [-0.05, 0) is 32.9 Å². The molecule has 0 aliphatic rings. The summed E-state index contributed by atoms with van der Waals surface area (Å²) in [7, 11) is 0. The van der Waals surface area contributed by atoms with Gasteiger partial charge < -0.3 is 15.2 Å². The van der Waals surface area contributed by atoms with E-state index in [0.717, 1.165) is 0 Å². The zero-order valence-corrected chi connectivity index (χ0v) is 11.8. The molecule has 1 aromatic rings. The number of amides is 1.